The second-order valence-electron chi connectivity index (χ2n) is 5.73. The Bertz CT molecular complexity index is 486. The molecule has 0 spiro atoms. The van der Waals surface area contributed by atoms with Gasteiger partial charge in [-0.1, -0.05) is 44.2 Å². The molecule has 1 aliphatic rings. The summed E-state index contributed by atoms with van der Waals surface area (Å²) in [7, 11) is 0. The molecular formula is C17H22O. The van der Waals surface area contributed by atoms with Crippen LogP contribution in [0.2, 0.25) is 0 Å². The molecule has 1 atom stereocenters. The molecule has 0 radical (unpaired) electrons. The van der Waals surface area contributed by atoms with Crippen LogP contribution in [0, 0.1) is 24.2 Å². The Morgan fingerprint density at radius 1 is 1.39 bits per heavy atom. The Labute approximate surface area is 110 Å². The van der Waals surface area contributed by atoms with Crippen molar-refractivity contribution in [2.45, 2.75) is 52.6 Å². The molecule has 0 saturated heterocycles. The average molecular weight is 242 g/mol. The third-order valence-electron chi connectivity index (χ3n) is 3.87. The predicted octanol–water partition coefficient (Wildman–Crippen LogP) is 3.46. The lowest BCUT2D eigenvalue weighted by atomic mass is 10.00. The van der Waals surface area contributed by atoms with Gasteiger partial charge in [-0.3, -0.25) is 0 Å². The first-order valence-corrected chi connectivity index (χ1v) is 6.84. The van der Waals surface area contributed by atoms with Crippen LogP contribution in [-0.2, 0) is 6.42 Å². The van der Waals surface area contributed by atoms with Crippen LogP contribution in [0.3, 0.4) is 0 Å². The SMILES string of the molecule is CCCc1ccc(C#CC(O)C2(C)CC2)c(C)c1. The van der Waals surface area contributed by atoms with Crippen molar-refractivity contribution in [3.8, 4) is 11.8 Å². The summed E-state index contributed by atoms with van der Waals surface area (Å²) in [4.78, 5) is 0. The molecule has 0 amide bonds. The first-order valence-electron chi connectivity index (χ1n) is 6.84. The monoisotopic (exact) mass is 242 g/mol. The summed E-state index contributed by atoms with van der Waals surface area (Å²) in [6.07, 6.45) is 4.00. The van der Waals surface area contributed by atoms with E-state index in [9.17, 15) is 5.11 Å². The Hall–Kier alpha value is -1.26. The van der Waals surface area contributed by atoms with E-state index < -0.39 is 6.10 Å². The van der Waals surface area contributed by atoms with Gasteiger partial charge in [-0.25, -0.2) is 0 Å². The maximum Gasteiger partial charge on any atom is 0.120 e. The molecular weight excluding hydrogens is 220 g/mol. The minimum Gasteiger partial charge on any atom is -0.380 e. The van der Waals surface area contributed by atoms with E-state index in [-0.39, 0.29) is 5.41 Å². The quantitative estimate of drug-likeness (QED) is 0.805. The van der Waals surface area contributed by atoms with Gasteiger partial charge >= 0.3 is 0 Å². The van der Waals surface area contributed by atoms with Crippen molar-refractivity contribution >= 4 is 0 Å². The van der Waals surface area contributed by atoms with E-state index in [4.69, 9.17) is 0 Å². The number of rotatable bonds is 3. The molecule has 1 nitrogen and oxygen atoms in total. The molecule has 0 bridgehead atoms. The van der Waals surface area contributed by atoms with Crippen LogP contribution < -0.4 is 0 Å². The molecule has 18 heavy (non-hydrogen) atoms. The maximum absolute atomic E-state index is 9.97. The topological polar surface area (TPSA) is 20.2 Å². The van der Waals surface area contributed by atoms with Crippen molar-refractivity contribution in [3.05, 3.63) is 34.9 Å². The van der Waals surface area contributed by atoms with Gasteiger partial charge in [0.15, 0.2) is 0 Å². The largest absolute Gasteiger partial charge is 0.380 e. The second kappa shape index (κ2) is 5.16. The molecule has 1 unspecified atom stereocenters. The van der Waals surface area contributed by atoms with Gasteiger partial charge in [-0.05, 0) is 43.4 Å². The predicted molar refractivity (Wildman–Crippen MR) is 75.4 cm³/mol. The average Bonchev–Trinajstić information content (AvgIpc) is 3.08. The van der Waals surface area contributed by atoms with Crippen molar-refractivity contribution < 1.29 is 5.11 Å². The summed E-state index contributed by atoms with van der Waals surface area (Å²) in [5.41, 5.74) is 3.68. The standard InChI is InChI=1S/C17H22O/c1-4-5-14-6-7-15(13(2)12-14)8-9-16(18)17(3)10-11-17/h6-7,12,16,18H,4-5,10-11H2,1-3H3. The molecule has 96 valence electrons. The lowest BCUT2D eigenvalue weighted by Gasteiger charge is -2.10. The van der Waals surface area contributed by atoms with E-state index in [0.717, 1.165) is 24.8 Å². The Kier molecular flexibility index (Phi) is 3.78. The highest BCUT2D eigenvalue weighted by Crippen LogP contribution is 2.47. The van der Waals surface area contributed by atoms with Crippen LogP contribution in [0.15, 0.2) is 18.2 Å². The molecule has 1 fully saturated rings. The van der Waals surface area contributed by atoms with E-state index in [1.165, 1.54) is 17.5 Å². The van der Waals surface area contributed by atoms with Gasteiger partial charge in [-0.15, -0.1) is 0 Å². The second-order valence-corrected chi connectivity index (χ2v) is 5.73. The minimum absolute atomic E-state index is 0.0586. The third kappa shape index (κ3) is 2.94. The van der Waals surface area contributed by atoms with Crippen molar-refractivity contribution in [1.82, 2.24) is 0 Å². The third-order valence-corrected chi connectivity index (χ3v) is 3.87. The summed E-state index contributed by atoms with van der Waals surface area (Å²) in [5.74, 6) is 6.13. The first kappa shape index (κ1) is 13.2. The highest BCUT2D eigenvalue weighted by Gasteiger charge is 2.43. The zero-order valence-electron chi connectivity index (χ0n) is 11.6. The van der Waals surface area contributed by atoms with Gasteiger partial charge < -0.3 is 5.11 Å². The Morgan fingerprint density at radius 3 is 2.67 bits per heavy atom. The molecule has 2 rings (SSSR count). The van der Waals surface area contributed by atoms with Crippen molar-refractivity contribution in [1.29, 1.82) is 0 Å². The number of hydrogen-bond acceptors (Lipinski definition) is 1. The van der Waals surface area contributed by atoms with Crippen molar-refractivity contribution in [3.63, 3.8) is 0 Å². The van der Waals surface area contributed by atoms with Gasteiger partial charge in [-0.2, -0.15) is 0 Å². The summed E-state index contributed by atoms with van der Waals surface area (Å²) in [6, 6.07) is 6.43. The lowest BCUT2D eigenvalue weighted by molar-refractivity contribution is 0.158. The number of hydrogen-bond donors (Lipinski definition) is 1. The van der Waals surface area contributed by atoms with Crippen LogP contribution in [0.4, 0.5) is 0 Å². The fraction of sp³-hybridized carbons (Fsp3) is 0.529. The number of aryl methyl sites for hydroxylation is 2. The molecule has 1 N–H and O–H groups in total. The van der Waals surface area contributed by atoms with E-state index in [2.05, 4.69) is 50.8 Å². The highest BCUT2D eigenvalue weighted by atomic mass is 16.3. The van der Waals surface area contributed by atoms with E-state index in [0.29, 0.717) is 0 Å². The molecule has 0 aromatic heterocycles. The normalized spacial score (nSPS) is 17.8. The van der Waals surface area contributed by atoms with Crippen molar-refractivity contribution in [2.24, 2.45) is 5.41 Å². The zero-order chi connectivity index (χ0) is 13.2. The lowest BCUT2D eigenvalue weighted by Crippen LogP contribution is -2.15. The molecule has 1 aliphatic carbocycles. The number of aliphatic hydroxyl groups is 1. The van der Waals surface area contributed by atoms with Gasteiger partial charge in [0.1, 0.15) is 6.10 Å². The summed E-state index contributed by atoms with van der Waals surface area (Å²) >= 11 is 0. The number of benzene rings is 1. The van der Waals surface area contributed by atoms with Crippen LogP contribution in [0.25, 0.3) is 0 Å². The molecule has 1 heteroatoms. The van der Waals surface area contributed by atoms with E-state index in [1.54, 1.807) is 0 Å². The van der Waals surface area contributed by atoms with E-state index in [1.807, 2.05) is 0 Å². The molecule has 1 aromatic rings. The molecule has 0 heterocycles. The fourth-order valence-electron chi connectivity index (χ4n) is 2.10. The number of aliphatic hydroxyl groups excluding tert-OH is 1. The molecule has 1 saturated carbocycles. The minimum atomic E-state index is -0.479. The molecule has 1 aromatic carbocycles. The molecule has 0 aliphatic heterocycles. The fourth-order valence-corrected chi connectivity index (χ4v) is 2.10. The smallest absolute Gasteiger partial charge is 0.120 e. The highest BCUT2D eigenvalue weighted by molar-refractivity contribution is 5.43. The Morgan fingerprint density at radius 2 is 2.11 bits per heavy atom. The maximum atomic E-state index is 9.97. The van der Waals surface area contributed by atoms with Crippen LogP contribution >= 0.6 is 0 Å². The zero-order valence-corrected chi connectivity index (χ0v) is 11.6. The van der Waals surface area contributed by atoms with Crippen LogP contribution in [0.1, 0.15) is 49.8 Å². The van der Waals surface area contributed by atoms with Crippen LogP contribution in [-0.4, -0.2) is 11.2 Å². The van der Waals surface area contributed by atoms with Gasteiger partial charge in [0.25, 0.3) is 0 Å². The summed E-state index contributed by atoms with van der Waals surface area (Å²) in [6.45, 7) is 6.38. The summed E-state index contributed by atoms with van der Waals surface area (Å²) in [5, 5.41) is 9.97. The first-order chi connectivity index (χ1) is 8.55. The van der Waals surface area contributed by atoms with Gasteiger partial charge in [0.05, 0.1) is 0 Å². The van der Waals surface area contributed by atoms with E-state index >= 15 is 0 Å². The summed E-state index contributed by atoms with van der Waals surface area (Å²) < 4.78 is 0. The van der Waals surface area contributed by atoms with Crippen LogP contribution in [0.5, 0.6) is 0 Å². The van der Waals surface area contributed by atoms with Gasteiger partial charge in [0.2, 0.25) is 0 Å². The van der Waals surface area contributed by atoms with Gasteiger partial charge in [0, 0.05) is 11.0 Å². The Balaban J connectivity index is 2.12. The van der Waals surface area contributed by atoms with Crippen molar-refractivity contribution in [2.75, 3.05) is 0 Å².